The Bertz CT molecular complexity index is 987. The van der Waals surface area contributed by atoms with Gasteiger partial charge in [-0.15, -0.1) is 0 Å². The average Bonchev–Trinajstić information content (AvgIpc) is 3.08. The summed E-state index contributed by atoms with van der Waals surface area (Å²) in [6.45, 7) is 2.16. The molecule has 2 aliphatic rings. The topological polar surface area (TPSA) is 58.6 Å². The highest BCUT2D eigenvalue weighted by Gasteiger charge is 2.55. The quantitative estimate of drug-likeness (QED) is 0.559. The molecule has 0 heterocycles. The van der Waals surface area contributed by atoms with E-state index >= 15 is 4.39 Å². The molecule has 2 aromatic carbocycles. The van der Waals surface area contributed by atoms with E-state index < -0.39 is 5.54 Å². The molecule has 1 saturated carbocycles. The van der Waals surface area contributed by atoms with Gasteiger partial charge >= 0.3 is 5.97 Å². The maximum absolute atomic E-state index is 15.2. The number of halogens is 2. The van der Waals surface area contributed by atoms with Crippen molar-refractivity contribution in [2.24, 2.45) is 11.8 Å². The second-order valence-electron chi connectivity index (χ2n) is 9.56. The number of aliphatic hydroxyl groups is 1. The molecule has 2 atom stereocenters. The third-order valence-electron chi connectivity index (χ3n) is 7.62. The SMILES string of the molecule is COC(=O)C1(Nc2cccc(Cl)c2)CCC2(CC1)c1c(F)cccc1CC2C[C@@H](C)CO. The predicted octanol–water partition coefficient (Wildman–Crippen LogP) is 5.51. The fraction of sp³-hybridized carbons (Fsp3) is 0.500. The average molecular weight is 460 g/mol. The Morgan fingerprint density at radius 2 is 1.97 bits per heavy atom. The van der Waals surface area contributed by atoms with Gasteiger partial charge in [0.2, 0.25) is 0 Å². The van der Waals surface area contributed by atoms with E-state index in [1.807, 2.05) is 25.1 Å². The van der Waals surface area contributed by atoms with Crippen LogP contribution in [0.15, 0.2) is 42.5 Å². The molecule has 0 amide bonds. The number of fused-ring (bicyclic) bond motifs is 2. The summed E-state index contributed by atoms with van der Waals surface area (Å²) in [7, 11) is 1.41. The molecular formula is C26H31ClFNO3. The van der Waals surface area contributed by atoms with E-state index in [1.54, 1.807) is 24.3 Å². The second kappa shape index (κ2) is 9.03. The molecular weight excluding hydrogens is 429 g/mol. The van der Waals surface area contributed by atoms with Crippen molar-refractivity contribution < 1.29 is 19.0 Å². The van der Waals surface area contributed by atoms with Crippen LogP contribution < -0.4 is 5.32 Å². The fourth-order valence-electron chi connectivity index (χ4n) is 6.03. The van der Waals surface area contributed by atoms with E-state index in [0.717, 1.165) is 29.7 Å². The van der Waals surface area contributed by atoms with Crippen LogP contribution in [-0.4, -0.2) is 30.3 Å². The van der Waals surface area contributed by atoms with Gasteiger partial charge < -0.3 is 15.2 Å². The lowest BCUT2D eigenvalue weighted by molar-refractivity contribution is -0.148. The summed E-state index contributed by atoms with van der Waals surface area (Å²) in [6, 6.07) is 12.7. The zero-order valence-corrected chi connectivity index (χ0v) is 19.4. The maximum atomic E-state index is 15.2. The molecule has 0 saturated heterocycles. The van der Waals surface area contributed by atoms with Crippen LogP contribution in [0.1, 0.15) is 50.2 Å². The molecule has 0 aromatic heterocycles. The molecule has 2 N–H and O–H groups in total. The number of carbonyl (C=O) groups is 1. The van der Waals surface area contributed by atoms with Crippen molar-refractivity contribution in [2.75, 3.05) is 19.0 Å². The van der Waals surface area contributed by atoms with Crippen molar-refractivity contribution in [3.8, 4) is 0 Å². The lowest BCUT2D eigenvalue weighted by Gasteiger charge is -2.47. The smallest absolute Gasteiger partial charge is 0.331 e. The molecule has 2 aromatic rings. The lowest BCUT2D eigenvalue weighted by Crippen LogP contribution is -2.53. The number of methoxy groups -OCH3 is 1. The van der Waals surface area contributed by atoms with Gasteiger partial charge in [0.05, 0.1) is 7.11 Å². The lowest BCUT2D eigenvalue weighted by atomic mass is 9.59. The van der Waals surface area contributed by atoms with Crippen molar-refractivity contribution >= 4 is 23.3 Å². The minimum absolute atomic E-state index is 0.119. The van der Waals surface area contributed by atoms with Crippen LogP contribution in [0, 0.1) is 17.7 Å². The van der Waals surface area contributed by atoms with E-state index in [-0.39, 0.29) is 35.6 Å². The second-order valence-corrected chi connectivity index (χ2v) is 10.0. The summed E-state index contributed by atoms with van der Waals surface area (Å²) < 4.78 is 20.4. The standard InChI is InChI=1S/C26H31ClFNO3/c1-17(16-30)13-19-14-18-5-3-8-22(28)23(18)25(19)9-11-26(12-10-25,24(31)32-2)29-21-7-4-6-20(27)15-21/h3-8,15,17,19,29-30H,9-14,16H2,1-2H3/t17-,19?,25?,26?/m1/s1. The van der Waals surface area contributed by atoms with E-state index in [4.69, 9.17) is 16.3 Å². The van der Waals surface area contributed by atoms with Gasteiger partial charge in [0.15, 0.2) is 0 Å². The van der Waals surface area contributed by atoms with E-state index in [1.165, 1.54) is 7.11 Å². The van der Waals surface area contributed by atoms with Crippen LogP contribution in [0.2, 0.25) is 5.02 Å². The van der Waals surface area contributed by atoms with Crippen LogP contribution in [-0.2, 0) is 21.4 Å². The largest absolute Gasteiger partial charge is 0.467 e. The first-order valence-electron chi connectivity index (χ1n) is 11.3. The highest BCUT2D eigenvalue weighted by Crippen LogP contribution is 2.56. The highest BCUT2D eigenvalue weighted by molar-refractivity contribution is 6.30. The van der Waals surface area contributed by atoms with Gasteiger partial charge in [-0.3, -0.25) is 0 Å². The summed E-state index contributed by atoms with van der Waals surface area (Å²) in [5.74, 6) is -0.0844. The van der Waals surface area contributed by atoms with Crippen LogP contribution in [0.3, 0.4) is 0 Å². The zero-order valence-electron chi connectivity index (χ0n) is 18.7. The first-order chi connectivity index (χ1) is 15.3. The van der Waals surface area contributed by atoms with Crippen molar-refractivity contribution in [3.05, 3.63) is 64.4 Å². The number of benzene rings is 2. The molecule has 0 radical (unpaired) electrons. The zero-order chi connectivity index (χ0) is 22.9. The van der Waals surface area contributed by atoms with E-state index in [2.05, 4.69) is 5.32 Å². The Morgan fingerprint density at radius 1 is 1.25 bits per heavy atom. The Kier molecular flexibility index (Phi) is 6.51. The van der Waals surface area contributed by atoms with Gasteiger partial charge in [-0.2, -0.15) is 0 Å². The number of ether oxygens (including phenoxy) is 1. The van der Waals surface area contributed by atoms with Gasteiger partial charge in [0.25, 0.3) is 0 Å². The third kappa shape index (κ3) is 4.01. The van der Waals surface area contributed by atoms with Crippen molar-refractivity contribution in [1.29, 1.82) is 0 Å². The fourth-order valence-corrected chi connectivity index (χ4v) is 6.22. The Labute approximate surface area is 194 Å². The molecule has 1 fully saturated rings. The summed E-state index contributed by atoms with van der Waals surface area (Å²) in [5, 5.41) is 13.7. The van der Waals surface area contributed by atoms with E-state index in [0.29, 0.717) is 30.7 Å². The molecule has 1 unspecified atom stereocenters. The number of esters is 1. The van der Waals surface area contributed by atoms with Gasteiger partial charge in [0.1, 0.15) is 11.4 Å². The van der Waals surface area contributed by atoms with Gasteiger partial charge in [-0.25, -0.2) is 9.18 Å². The van der Waals surface area contributed by atoms with E-state index in [9.17, 15) is 9.90 Å². The summed E-state index contributed by atoms with van der Waals surface area (Å²) in [4.78, 5) is 13.0. The summed E-state index contributed by atoms with van der Waals surface area (Å²) in [6.07, 6.45) is 4.05. The van der Waals surface area contributed by atoms with Gasteiger partial charge in [-0.1, -0.05) is 36.7 Å². The Hall–Kier alpha value is -2.11. The first-order valence-corrected chi connectivity index (χ1v) is 11.7. The normalized spacial score (nSPS) is 27.7. The predicted molar refractivity (Wildman–Crippen MR) is 124 cm³/mol. The molecule has 32 heavy (non-hydrogen) atoms. The minimum Gasteiger partial charge on any atom is -0.467 e. The summed E-state index contributed by atoms with van der Waals surface area (Å²) in [5.41, 5.74) is 1.43. The third-order valence-corrected chi connectivity index (χ3v) is 7.86. The van der Waals surface area contributed by atoms with Gasteiger partial charge in [-0.05, 0) is 85.8 Å². The number of hydrogen-bond acceptors (Lipinski definition) is 4. The number of aliphatic hydroxyl groups excluding tert-OH is 1. The molecule has 0 aliphatic heterocycles. The van der Waals surface area contributed by atoms with Crippen LogP contribution in [0.4, 0.5) is 10.1 Å². The van der Waals surface area contributed by atoms with Crippen molar-refractivity contribution in [2.45, 2.75) is 56.4 Å². The molecule has 0 bridgehead atoms. The number of hydrogen-bond donors (Lipinski definition) is 2. The van der Waals surface area contributed by atoms with Crippen molar-refractivity contribution in [3.63, 3.8) is 0 Å². The van der Waals surface area contributed by atoms with Crippen LogP contribution in [0.25, 0.3) is 0 Å². The summed E-state index contributed by atoms with van der Waals surface area (Å²) >= 11 is 6.16. The molecule has 172 valence electrons. The molecule has 4 nitrogen and oxygen atoms in total. The Balaban J connectivity index is 1.68. The molecule has 4 rings (SSSR count). The monoisotopic (exact) mass is 459 g/mol. The van der Waals surface area contributed by atoms with Crippen molar-refractivity contribution in [1.82, 2.24) is 0 Å². The number of carbonyl (C=O) groups excluding carboxylic acids is 1. The minimum atomic E-state index is -0.883. The first kappa shape index (κ1) is 23.1. The van der Waals surface area contributed by atoms with Gasteiger partial charge in [0, 0.05) is 22.7 Å². The number of rotatable bonds is 6. The number of anilines is 1. The maximum Gasteiger partial charge on any atom is 0.331 e. The van der Waals surface area contributed by atoms with Crippen LogP contribution >= 0.6 is 11.6 Å². The molecule has 6 heteroatoms. The highest BCUT2D eigenvalue weighted by atomic mass is 35.5. The Morgan fingerprint density at radius 3 is 2.62 bits per heavy atom. The number of nitrogens with one attached hydrogen (secondary N) is 1. The van der Waals surface area contributed by atoms with Crippen LogP contribution in [0.5, 0.6) is 0 Å². The molecule has 1 spiro atoms. The molecule has 2 aliphatic carbocycles.